The zero-order valence-electron chi connectivity index (χ0n) is 17.4. The number of aromatic nitrogens is 1. The molecule has 1 unspecified atom stereocenters. The standard InChI is InChI=1S/C29H20NPSi/c1-3-11-21(12-4-1)32(22-13-5-2-6-14-22)26-18-9-16-24-23-15-7-8-17-25(23)31(28(24)26)29-27(32)19-10-20-30-29/h1-20H. The SMILES string of the molecule is c1ccc([Si]2(c3ccccc3)c3cccnc3-p3c4ccccc4c4cccc2c43)cc1. The number of fused-ring (bicyclic) bond motifs is 5. The maximum atomic E-state index is 5.11. The first-order chi connectivity index (χ1) is 15.9. The molecule has 0 aliphatic carbocycles. The van der Waals surface area contributed by atoms with E-state index in [0.717, 1.165) is 0 Å². The second-order valence-electron chi connectivity index (χ2n) is 8.41. The smallest absolute Gasteiger partial charge is 0.183 e. The molecule has 150 valence electrons. The van der Waals surface area contributed by atoms with Crippen molar-refractivity contribution in [2.45, 2.75) is 0 Å². The summed E-state index contributed by atoms with van der Waals surface area (Å²) < 4.78 is 0. The van der Waals surface area contributed by atoms with Gasteiger partial charge in [-0.25, -0.2) is 0 Å². The molecule has 7 rings (SSSR count). The first-order valence-corrected chi connectivity index (χ1v) is 14.3. The topological polar surface area (TPSA) is 12.9 Å². The summed E-state index contributed by atoms with van der Waals surface area (Å²) in [4.78, 5) is 5.11. The van der Waals surface area contributed by atoms with Crippen molar-refractivity contribution in [3.63, 3.8) is 0 Å². The van der Waals surface area contributed by atoms with E-state index in [1.54, 1.807) is 0 Å². The molecule has 4 aromatic carbocycles. The largest absolute Gasteiger partial charge is 0.252 e. The Morgan fingerprint density at radius 1 is 0.531 bits per heavy atom. The quantitative estimate of drug-likeness (QED) is 0.342. The highest BCUT2D eigenvalue weighted by Crippen LogP contribution is 2.55. The minimum Gasteiger partial charge on any atom is -0.252 e. The predicted octanol–water partition coefficient (Wildman–Crippen LogP) is 5.05. The Kier molecular flexibility index (Phi) is 3.84. The lowest BCUT2D eigenvalue weighted by Gasteiger charge is -2.38. The fourth-order valence-corrected chi connectivity index (χ4v) is 14.8. The Hall–Kier alpha value is -3.45. The first kappa shape index (κ1) is 18.2. The fraction of sp³-hybridized carbons (Fsp3) is 0. The van der Waals surface area contributed by atoms with Crippen LogP contribution in [0.3, 0.4) is 0 Å². The molecule has 3 heteroatoms. The second-order valence-corrected chi connectivity index (χ2v) is 14.2. The van der Waals surface area contributed by atoms with E-state index in [0.29, 0.717) is 0 Å². The summed E-state index contributed by atoms with van der Waals surface area (Å²) in [5, 5.41) is 11.6. The minimum atomic E-state index is -2.49. The van der Waals surface area contributed by atoms with Crippen molar-refractivity contribution in [3.05, 3.63) is 121 Å². The van der Waals surface area contributed by atoms with Crippen LogP contribution in [-0.2, 0) is 0 Å². The molecular weight excluding hydrogens is 421 g/mol. The van der Waals surface area contributed by atoms with Crippen LogP contribution in [0.2, 0.25) is 0 Å². The van der Waals surface area contributed by atoms with E-state index in [1.165, 1.54) is 47.2 Å². The maximum absolute atomic E-state index is 5.11. The van der Waals surface area contributed by atoms with E-state index >= 15 is 0 Å². The van der Waals surface area contributed by atoms with Crippen molar-refractivity contribution in [2.24, 2.45) is 0 Å². The molecule has 1 aliphatic rings. The zero-order chi connectivity index (χ0) is 21.1. The van der Waals surface area contributed by atoms with E-state index in [9.17, 15) is 0 Å². The number of nitrogens with zero attached hydrogens (tertiary/aromatic N) is 1. The van der Waals surface area contributed by atoms with Gasteiger partial charge in [0.25, 0.3) is 0 Å². The van der Waals surface area contributed by atoms with Crippen LogP contribution >= 0.6 is 7.53 Å². The highest BCUT2D eigenvalue weighted by atomic mass is 31.1. The maximum Gasteiger partial charge on any atom is 0.183 e. The molecule has 0 amide bonds. The van der Waals surface area contributed by atoms with Gasteiger partial charge >= 0.3 is 0 Å². The average molecular weight is 442 g/mol. The van der Waals surface area contributed by atoms with E-state index in [4.69, 9.17) is 4.98 Å². The zero-order valence-corrected chi connectivity index (χ0v) is 19.3. The Bertz CT molecular complexity index is 1580. The summed E-state index contributed by atoms with van der Waals surface area (Å²) >= 11 is 0. The molecule has 0 bridgehead atoms. The van der Waals surface area contributed by atoms with Crippen LogP contribution in [0.25, 0.3) is 26.4 Å². The van der Waals surface area contributed by atoms with Gasteiger partial charge in [0.05, 0.1) is 5.44 Å². The van der Waals surface area contributed by atoms with Crippen molar-refractivity contribution >= 4 is 57.4 Å². The van der Waals surface area contributed by atoms with Crippen LogP contribution in [0.5, 0.6) is 0 Å². The number of benzene rings is 4. The monoisotopic (exact) mass is 441 g/mol. The number of hydrogen-bond acceptors (Lipinski definition) is 1. The van der Waals surface area contributed by atoms with E-state index in [-0.39, 0.29) is 0 Å². The molecule has 1 aliphatic heterocycles. The molecule has 0 radical (unpaired) electrons. The number of hydrogen-bond donors (Lipinski definition) is 0. The van der Waals surface area contributed by atoms with Crippen molar-refractivity contribution in [1.29, 1.82) is 0 Å². The molecule has 0 saturated heterocycles. The van der Waals surface area contributed by atoms with Crippen molar-refractivity contribution in [2.75, 3.05) is 0 Å². The highest BCUT2D eigenvalue weighted by Gasteiger charge is 2.47. The summed E-state index contributed by atoms with van der Waals surface area (Å²) in [6.07, 6.45) is 1.99. The molecule has 1 nitrogen and oxygen atoms in total. The van der Waals surface area contributed by atoms with Crippen LogP contribution < -0.4 is 20.7 Å². The average Bonchev–Trinajstić information content (AvgIpc) is 3.22. The summed E-state index contributed by atoms with van der Waals surface area (Å²) in [7, 11) is -3.13. The van der Waals surface area contributed by atoms with E-state index < -0.39 is 15.6 Å². The van der Waals surface area contributed by atoms with Gasteiger partial charge in [-0.3, -0.25) is 4.98 Å². The summed E-state index contributed by atoms with van der Waals surface area (Å²) in [6.45, 7) is 0. The van der Waals surface area contributed by atoms with Crippen LogP contribution in [0.15, 0.2) is 121 Å². The van der Waals surface area contributed by atoms with Crippen LogP contribution in [0.1, 0.15) is 0 Å². The van der Waals surface area contributed by atoms with Crippen molar-refractivity contribution in [3.8, 4) is 5.44 Å². The molecule has 0 N–H and O–H groups in total. The van der Waals surface area contributed by atoms with Crippen LogP contribution in [0.4, 0.5) is 0 Å². The third-order valence-corrected chi connectivity index (χ3v) is 14.8. The molecule has 32 heavy (non-hydrogen) atoms. The second kappa shape index (κ2) is 6.77. The normalized spacial score (nSPS) is 14.4. The third kappa shape index (κ3) is 2.21. The molecule has 0 spiro atoms. The summed E-state index contributed by atoms with van der Waals surface area (Å²) in [5.74, 6) is 0. The van der Waals surface area contributed by atoms with Gasteiger partial charge in [0.2, 0.25) is 0 Å². The minimum absolute atomic E-state index is 0.640. The Morgan fingerprint density at radius 3 is 1.91 bits per heavy atom. The van der Waals surface area contributed by atoms with E-state index in [2.05, 4.69) is 115 Å². The van der Waals surface area contributed by atoms with Gasteiger partial charge in [0, 0.05) is 16.4 Å². The van der Waals surface area contributed by atoms with Gasteiger partial charge in [-0.05, 0) is 43.7 Å². The van der Waals surface area contributed by atoms with Gasteiger partial charge in [-0.1, -0.05) is 111 Å². The summed E-state index contributed by atoms with van der Waals surface area (Å²) in [5.41, 5.74) is 1.30. The molecule has 0 saturated carbocycles. The van der Waals surface area contributed by atoms with E-state index in [1.807, 2.05) is 6.20 Å². The fourth-order valence-electron chi connectivity index (χ4n) is 5.72. The molecule has 3 heterocycles. The van der Waals surface area contributed by atoms with Gasteiger partial charge < -0.3 is 0 Å². The highest BCUT2D eigenvalue weighted by molar-refractivity contribution is 7.70. The summed E-state index contributed by atoms with van der Waals surface area (Å²) in [6, 6.07) is 42.9. The first-order valence-electron chi connectivity index (χ1n) is 11.0. The van der Waals surface area contributed by atoms with Gasteiger partial charge in [0.15, 0.2) is 8.07 Å². The lowest BCUT2D eigenvalue weighted by atomic mass is 10.1. The molecule has 6 aromatic rings. The number of rotatable bonds is 2. The van der Waals surface area contributed by atoms with Gasteiger partial charge in [-0.15, -0.1) is 0 Å². The van der Waals surface area contributed by atoms with Crippen molar-refractivity contribution in [1.82, 2.24) is 4.98 Å². The van der Waals surface area contributed by atoms with Crippen LogP contribution in [-0.4, -0.2) is 13.1 Å². The Morgan fingerprint density at radius 2 is 1.16 bits per heavy atom. The lowest BCUT2D eigenvalue weighted by Crippen LogP contribution is -2.75. The molecule has 0 fully saturated rings. The van der Waals surface area contributed by atoms with Crippen molar-refractivity contribution < 1.29 is 0 Å². The van der Waals surface area contributed by atoms with Gasteiger partial charge in [-0.2, -0.15) is 0 Å². The molecule has 1 atom stereocenters. The molecular formula is C29H20NPSi. The Balaban J connectivity index is 1.79. The number of pyridine rings is 1. The predicted molar refractivity (Wildman–Crippen MR) is 140 cm³/mol. The third-order valence-electron chi connectivity index (χ3n) is 6.91. The Labute approximate surface area is 189 Å². The lowest BCUT2D eigenvalue weighted by molar-refractivity contribution is 1.39. The van der Waals surface area contributed by atoms with Gasteiger partial charge in [0.1, 0.15) is 0 Å². The van der Waals surface area contributed by atoms with Crippen LogP contribution in [0, 0.1) is 0 Å². The molecule has 2 aromatic heterocycles.